The minimum Gasteiger partial charge on any atom is -0.334 e. The van der Waals surface area contributed by atoms with Crippen molar-refractivity contribution in [2.24, 2.45) is 0 Å². The molecule has 0 amide bonds. The van der Waals surface area contributed by atoms with Gasteiger partial charge in [-0.2, -0.15) is 4.98 Å². The first kappa shape index (κ1) is 16.5. The van der Waals surface area contributed by atoms with E-state index in [1.807, 2.05) is 31.2 Å². The summed E-state index contributed by atoms with van der Waals surface area (Å²) in [5, 5.41) is 4.93. The second kappa shape index (κ2) is 5.64. The van der Waals surface area contributed by atoms with Crippen LogP contribution in [0.25, 0.3) is 22.4 Å². The molecule has 1 N–H and O–H groups in total. The van der Waals surface area contributed by atoms with E-state index in [1.165, 1.54) is 0 Å². The number of rotatable bonds is 4. The fourth-order valence-electron chi connectivity index (χ4n) is 2.59. The molecule has 0 spiro atoms. The normalized spacial score (nSPS) is 12.7. The monoisotopic (exact) mass is 346 g/mol. The summed E-state index contributed by atoms with van der Waals surface area (Å²) >= 11 is 0. The van der Waals surface area contributed by atoms with Crippen LogP contribution in [0.15, 0.2) is 35.0 Å². The third-order valence-corrected chi connectivity index (χ3v) is 4.58. The SMILES string of the molecule is Cc1c(-c2nc(C(C)(C)NS(C)(=O)=O)no2)cnc2ccccc12. The second-order valence-electron chi connectivity index (χ2n) is 6.24. The highest BCUT2D eigenvalue weighted by Crippen LogP contribution is 2.28. The number of pyridine rings is 1. The first-order valence-corrected chi connectivity index (χ1v) is 9.24. The van der Waals surface area contributed by atoms with Gasteiger partial charge in [0.25, 0.3) is 5.89 Å². The fraction of sp³-hybridized carbons (Fsp3) is 0.312. The Morgan fingerprint density at radius 2 is 1.92 bits per heavy atom. The zero-order valence-corrected chi connectivity index (χ0v) is 14.7. The number of nitrogens with one attached hydrogen (secondary N) is 1. The maximum absolute atomic E-state index is 11.5. The third kappa shape index (κ3) is 3.15. The molecule has 2 aromatic heterocycles. The number of nitrogens with zero attached hydrogens (tertiary/aromatic N) is 3. The van der Waals surface area contributed by atoms with Gasteiger partial charge in [-0.1, -0.05) is 23.4 Å². The fourth-order valence-corrected chi connectivity index (χ4v) is 3.61. The third-order valence-electron chi connectivity index (χ3n) is 3.70. The molecule has 0 saturated heterocycles. The van der Waals surface area contributed by atoms with Crippen LogP contribution < -0.4 is 4.72 Å². The highest BCUT2D eigenvalue weighted by molar-refractivity contribution is 7.88. The van der Waals surface area contributed by atoms with Gasteiger partial charge in [-0.05, 0) is 32.4 Å². The lowest BCUT2D eigenvalue weighted by Gasteiger charge is -2.20. The molecule has 3 aromatic rings. The molecular weight excluding hydrogens is 328 g/mol. The molecule has 126 valence electrons. The highest BCUT2D eigenvalue weighted by Gasteiger charge is 2.30. The smallest absolute Gasteiger partial charge is 0.259 e. The zero-order chi connectivity index (χ0) is 17.5. The molecule has 0 unspecified atom stereocenters. The van der Waals surface area contributed by atoms with Gasteiger partial charge in [0.15, 0.2) is 5.82 Å². The largest absolute Gasteiger partial charge is 0.334 e. The summed E-state index contributed by atoms with van der Waals surface area (Å²) in [6, 6.07) is 7.79. The Balaban J connectivity index is 2.04. The van der Waals surface area contributed by atoms with Crippen molar-refractivity contribution in [3.63, 3.8) is 0 Å². The molecule has 0 fully saturated rings. The van der Waals surface area contributed by atoms with Crippen LogP contribution in [0.5, 0.6) is 0 Å². The minimum absolute atomic E-state index is 0.260. The molecule has 0 aliphatic heterocycles. The van der Waals surface area contributed by atoms with Crippen LogP contribution in [0.1, 0.15) is 25.2 Å². The standard InChI is InChI=1S/C16H18N4O3S/c1-10-11-7-5-6-8-13(11)17-9-12(10)14-18-15(19-23-14)16(2,3)20-24(4,21)22/h5-9,20H,1-4H3. The topological polar surface area (TPSA) is 98.0 Å². The van der Waals surface area contributed by atoms with Gasteiger partial charge in [0.2, 0.25) is 10.0 Å². The van der Waals surface area contributed by atoms with Crippen LogP contribution in [0.4, 0.5) is 0 Å². The molecule has 0 bridgehead atoms. The molecule has 2 heterocycles. The van der Waals surface area contributed by atoms with E-state index in [1.54, 1.807) is 20.0 Å². The van der Waals surface area contributed by atoms with Crippen molar-refractivity contribution in [2.45, 2.75) is 26.3 Å². The van der Waals surface area contributed by atoms with E-state index in [9.17, 15) is 8.42 Å². The Kier molecular flexibility index (Phi) is 3.89. The summed E-state index contributed by atoms with van der Waals surface area (Å²) in [6.07, 6.45) is 2.78. The molecule has 0 saturated carbocycles. The van der Waals surface area contributed by atoms with Crippen LogP contribution in [-0.2, 0) is 15.6 Å². The van der Waals surface area contributed by atoms with Crippen LogP contribution in [0.3, 0.4) is 0 Å². The molecule has 0 radical (unpaired) electrons. The number of fused-ring (bicyclic) bond motifs is 1. The van der Waals surface area contributed by atoms with Crippen molar-refractivity contribution < 1.29 is 12.9 Å². The summed E-state index contributed by atoms with van der Waals surface area (Å²) < 4.78 is 30.8. The van der Waals surface area contributed by atoms with Crippen molar-refractivity contribution in [3.8, 4) is 11.5 Å². The van der Waals surface area contributed by atoms with E-state index in [0.717, 1.165) is 28.3 Å². The van der Waals surface area contributed by atoms with Crippen LogP contribution in [-0.4, -0.2) is 29.8 Å². The van der Waals surface area contributed by atoms with Crippen molar-refractivity contribution in [1.29, 1.82) is 0 Å². The molecule has 24 heavy (non-hydrogen) atoms. The van der Waals surface area contributed by atoms with E-state index in [0.29, 0.717) is 5.89 Å². The molecule has 0 aliphatic rings. The number of hydrogen-bond donors (Lipinski definition) is 1. The van der Waals surface area contributed by atoms with Crippen molar-refractivity contribution >= 4 is 20.9 Å². The van der Waals surface area contributed by atoms with Gasteiger partial charge in [0.05, 0.1) is 22.9 Å². The lowest BCUT2D eigenvalue weighted by molar-refractivity contribution is 0.382. The number of hydrogen-bond acceptors (Lipinski definition) is 6. The summed E-state index contributed by atoms with van der Waals surface area (Å²) in [5.74, 6) is 0.569. The van der Waals surface area contributed by atoms with Crippen LogP contribution in [0, 0.1) is 6.92 Å². The summed E-state index contributed by atoms with van der Waals surface area (Å²) in [7, 11) is -3.41. The second-order valence-corrected chi connectivity index (χ2v) is 7.98. The minimum atomic E-state index is -3.41. The van der Waals surface area contributed by atoms with Gasteiger partial charge < -0.3 is 4.52 Å². The Morgan fingerprint density at radius 3 is 2.62 bits per heavy atom. The number of aromatic nitrogens is 3. The van der Waals surface area contributed by atoms with Gasteiger partial charge in [-0.15, -0.1) is 0 Å². The van der Waals surface area contributed by atoms with Gasteiger partial charge in [0.1, 0.15) is 0 Å². The van der Waals surface area contributed by atoms with E-state index in [4.69, 9.17) is 4.52 Å². The Hall–Kier alpha value is -2.32. The van der Waals surface area contributed by atoms with Gasteiger partial charge in [0, 0.05) is 11.6 Å². The molecule has 1 aromatic carbocycles. The number of aryl methyl sites for hydroxylation is 1. The van der Waals surface area contributed by atoms with Crippen LogP contribution >= 0.6 is 0 Å². The van der Waals surface area contributed by atoms with Gasteiger partial charge in [-0.25, -0.2) is 13.1 Å². The molecule has 0 aliphatic carbocycles. The first-order valence-electron chi connectivity index (χ1n) is 7.35. The highest BCUT2D eigenvalue weighted by atomic mass is 32.2. The van der Waals surface area contributed by atoms with Crippen molar-refractivity contribution in [1.82, 2.24) is 19.8 Å². The molecule has 7 nitrogen and oxygen atoms in total. The van der Waals surface area contributed by atoms with Crippen molar-refractivity contribution in [3.05, 3.63) is 41.9 Å². The summed E-state index contributed by atoms with van der Waals surface area (Å²) in [6.45, 7) is 5.31. The van der Waals surface area contributed by atoms with Crippen molar-refractivity contribution in [2.75, 3.05) is 6.26 Å². The maximum atomic E-state index is 11.5. The zero-order valence-electron chi connectivity index (χ0n) is 13.9. The average Bonchev–Trinajstić information content (AvgIpc) is 2.96. The van der Waals surface area contributed by atoms with E-state index >= 15 is 0 Å². The van der Waals surface area contributed by atoms with E-state index in [2.05, 4.69) is 19.8 Å². The maximum Gasteiger partial charge on any atom is 0.259 e. The van der Waals surface area contributed by atoms with Gasteiger partial charge >= 0.3 is 0 Å². The Labute approximate surface area is 140 Å². The predicted octanol–water partition coefficient (Wildman–Crippen LogP) is 2.38. The Morgan fingerprint density at radius 1 is 1.21 bits per heavy atom. The van der Waals surface area contributed by atoms with E-state index in [-0.39, 0.29) is 5.82 Å². The molecule has 3 rings (SSSR count). The number of para-hydroxylation sites is 1. The average molecular weight is 346 g/mol. The molecule has 8 heteroatoms. The lowest BCUT2D eigenvalue weighted by atomic mass is 10.0. The quantitative estimate of drug-likeness (QED) is 0.779. The summed E-state index contributed by atoms with van der Waals surface area (Å²) in [5.41, 5.74) is 1.61. The number of benzene rings is 1. The van der Waals surface area contributed by atoms with Crippen LogP contribution in [0.2, 0.25) is 0 Å². The molecular formula is C16H18N4O3S. The summed E-state index contributed by atoms with van der Waals surface area (Å²) in [4.78, 5) is 8.77. The lowest BCUT2D eigenvalue weighted by Crippen LogP contribution is -2.41. The Bertz CT molecular complexity index is 1010. The molecule has 0 atom stereocenters. The first-order chi connectivity index (χ1) is 11.2. The number of sulfonamides is 1. The van der Waals surface area contributed by atoms with E-state index < -0.39 is 15.6 Å². The predicted molar refractivity (Wildman–Crippen MR) is 90.8 cm³/mol. The van der Waals surface area contributed by atoms with Gasteiger partial charge in [-0.3, -0.25) is 4.98 Å².